The van der Waals surface area contributed by atoms with Crippen molar-refractivity contribution in [1.82, 2.24) is 14.7 Å². The molecule has 4 nitrogen and oxygen atoms in total. The lowest BCUT2D eigenvalue weighted by atomic mass is 9.86. The summed E-state index contributed by atoms with van der Waals surface area (Å²) in [5, 5.41) is 13.5. The maximum atomic E-state index is 9.05. The lowest BCUT2D eigenvalue weighted by molar-refractivity contribution is -0.00224. The van der Waals surface area contributed by atoms with E-state index in [1.54, 1.807) is 0 Å². The van der Waals surface area contributed by atoms with Crippen LogP contribution in [0.15, 0.2) is 12.4 Å². The van der Waals surface area contributed by atoms with Crippen LogP contribution in [0.3, 0.4) is 0 Å². The third kappa shape index (κ3) is 2.41. The Labute approximate surface area is 109 Å². The van der Waals surface area contributed by atoms with Gasteiger partial charge in [-0.15, -0.1) is 0 Å². The second-order valence-corrected chi connectivity index (χ2v) is 5.77. The highest BCUT2D eigenvalue weighted by Crippen LogP contribution is 2.32. The molecule has 98 valence electrons. The molecular formula is C14H22N4. The first kappa shape index (κ1) is 13.1. The molecule has 2 rings (SSSR count). The number of likely N-dealkylation sites (tertiary alicyclic amines) is 1. The Hall–Kier alpha value is -1.34. The van der Waals surface area contributed by atoms with E-state index in [0.29, 0.717) is 12.3 Å². The normalized spacial score (nSPS) is 18.6. The fraction of sp³-hybridized carbons (Fsp3) is 0.714. The molecule has 0 atom stereocenters. The Balaban J connectivity index is 2.08. The minimum Gasteiger partial charge on any atom is -0.298 e. The summed E-state index contributed by atoms with van der Waals surface area (Å²) in [5.74, 6) is 0.675. The zero-order valence-corrected chi connectivity index (χ0v) is 11.6. The van der Waals surface area contributed by atoms with Gasteiger partial charge >= 0.3 is 0 Å². The van der Waals surface area contributed by atoms with Crippen LogP contribution >= 0.6 is 0 Å². The molecule has 0 unspecified atom stereocenters. The Kier molecular flexibility index (Phi) is 3.72. The first-order valence-electron chi connectivity index (χ1n) is 6.73. The van der Waals surface area contributed by atoms with Gasteiger partial charge in [-0.2, -0.15) is 10.4 Å². The van der Waals surface area contributed by atoms with Crippen molar-refractivity contribution in [2.45, 2.75) is 39.2 Å². The van der Waals surface area contributed by atoms with E-state index in [0.717, 1.165) is 26.1 Å². The van der Waals surface area contributed by atoms with Gasteiger partial charge in [0, 0.05) is 25.8 Å². The molecule has 4 heteroatoms. The Bertz CT molecular complexity index is 435. The van der Waals surface area contributed by atoms with Crippen LogP contribution in [0.4, 0.5) is 0 Å². The van der Waals surface area contributed by atoms with Crippen LogP contribution in [0, 0.1) is 17.2 Å². The van der Waals surface area contributed by atoms with Crippen molar-refractivity contribution in [1.29, 1.82) is 5.26 Å². The summed E-state index contributed by atoms with van der Waals surface area (Å²) in [6, 6.07) is 2.32. The number of nitrogens with zero attached hydrogens (tertiary/aromatic N) is 4. The third-order valence-electron chi connectivity index (χ3n) is 3.60. The van der Waals surface area contributed by atoms with Gasteiger partial charge in [-0.3, -0.25) is 9.58 Å². The Morgan fingerprint density at radius 3 is 2.72 bits per heavy atom. The fourth-order valence-corrected chi connectivity index (χ4v) is 2.72. The molecule has 1 fully saturated rings. The highest BCUT2D eigenvalue weighted by atomic mass is 15.4. The van der Waals surface area contributed by atoms with Crippen molar-refractivity contribution in [2.24, 2.45) is 5.92 Å². The summed E-state index contributed by atoms with van der Waals surface area (Å²) in [5.41, 5.74) is 1.16. The van der Waals surface area contributed by atoms with Crippen LogP contribution in [0.1, 0.15) is 32.8 Å². The fourth-order valence-electron chi connectivity index (χ4n) is 2.72. The molecule has 2 heterocycles. The van der Waals surface area contributed by atoms with Crippen LogP contribution in [-0.2, 0) is 12.0 Å². The van der Waals surface area contributed by atoms with Crippen LogP contribution < -0.4 is 0 Å². The minimum atomic E-state index is -0.0862. The van der Waals surface area contributed by atoms with Gasteiger partial charge < -0.3 is 0 Å². The summed E-state index contributed by atoms with van der Waals surface area (Å²) in [6.07, 6.45) is 5.57. The van der Waals surface area contributed by atoms with Crippen molar-refractivity contribution >= 4 is 0 Å². The van der Waals surface area contributed by atoms with E-state index in [1.807, 2.05) is 10.9 Å². The van der Waals surface area contributed by atoms with E-state index in [9.17, 15) is 0 Å². The molecule has 1 aromatic heterocycles. The highest BCUT2D eigenvalue weighted by Gasteiger charge is 2.45. The smallest absolute Gasteiger partial charge is 0.101 e. The van der Waals surface area contributed by atoms with Crippen LogP contribution in [0.2, 0.25) is 0 Å². The summed E-state index contributed by atoms with van der Waals surface area (Å²) >= 11 is 0. The molecule has 0 amide bonds. The molecule has 1 saturated heterocycles. The molecule has 1 aliphatic heterocycles. The van der Waals surface area contributed by atoms with Gasteiger partial charge in [0.2, 0.25) is 0 Å². The van der Waals surface area contributed by atoms with Gasteiger partial charge in [-0.25, -0.2) is 0 Å². The Morgan fingerprint density at radius 1 is 1.50 bits per heavy atom. The predicted octanol–water partition coefficient (Wildman–Crippen LogP) is 2.03. The summed E-state index contributed by atoms with van der Waals surface area (Å²) in [7, 11) is 0. The molecule has 0 radical (unpaired) electrons. The molecule has 18 heavy (non-hydrogen) atoms. The second kappa shape index (κ2) is 5.11. The number of aryl methyl sites for hydroxylation is 1. The van der Waals surface area contributed by atoms with E-state index >= 15 is 0 Å². The molecule has 0 N–H and O–H groups in total. The quantitative estimate of drug-likeness (QED) is 0.798. The van der Waals surface area contributed by atoms with Crippen molar-refractivity contribution in [3.8, 4) is 6.07 Å². The van der Waals surface area contributed by atoms with Crippen LogP contribution in [0.5, 0.6) is 0 Å². The number of nitriles is 1. The van der Waals surface area contributed by atoms with Gasteiger partial charge in [0.05, 0.1) is 18.7 Å². The monoisotopic (exact) mass is 246 g/mol. The lowest BCUT2D eigenvalue weighted by Gasteiger charge is -2.49. The molecular weight excluding hydrogens is 224 g/mol. The SMILES string of the molecule is CCc1cnn(C2(CC#N)CN(CC(C)C)C2)c1. The zero-order chi connectivity index (χ0) is 13.2. The van der Waals surface area contributed by atoms with Crippen molar-refractivity contribution < 1.29 is 0 Å². The number of hydrogen-bond donors (Lipinski definition) is 0. The van der Waals surface area contributed by atoms with Gasteiger partial charge in [-0.05, 0) is 17.9 Å². The van der Waals surface area contributed by atoms with Gasteiger partial charge in [0.1, 0.15) is 5.54 Å². The average molecular weight is 246 g/mol. The maximum absolute atomic E-state index is 9.05. The van der Waals surface area contributed by atoms with E-state index in [1.165, 1.54) is 5.56 Å². The van der Waals surface area contributed by atoms with Crippen molar-refractivity contribution in [3.05, 3.63) is 18.0 Å². The molecule has 0 aliphatic carbocycles. The first-order chi connectivity index (χ1) is 8.59. The van der Waals surface area contributed by atoms with Gasteiger partial charge in [0.25, 0.3) is 0 Å². The molecule has 1 aliphatic rings. The third-order valence-corrected chi connectivity index (χ3v) is 3.60. The summed E-state index contributed by atoms with van der Waals surface area (Å²) in [6.45, 7) is 9.59. The second-order valence-electron chi connectivity index (χ2n) is 5.77. The standard InChI is InChI=1S/C14H22N4/c1-4-13-7-16-18(9-13)14(5-6-15)10-17(11-14)8-12(2)3/h7,9,12H,4-5,8,10-11H2,1-3H3. The van der Waals surface area contributed by atoms with Crippen LogP contribution in [0.25, 0.3) is 0 Å². The van der Waals surface area contributed by atoms with E-state index in [4.69, 9.17) is 5.26 Å². The largest absolute Gasteiger partial charge is 0.298 e. The Morgan fingerprint density at radius 2 is 2.22 bits per heavy atom. The molecule has 1 aromatic rings. The average Bonchev–Trinajstić information content (AvgIpc) is 2.74. The maximum Gasteiger partial charge on any atom is 0.101 e. The predicted molar refractivity (Wildman–Crippen MR) is 71.1 cm³/mol. The van der Waals surface area contributed by atoms with E-state index in [2.05, 4.69) is 43.0 Å². The number of aromatic nitrogens is 2. The first-order valence-corrected chi connectivity index (χ1v) is 6.73. The minimum absolute atomic E-state index is 0.0862. The number of hydrogen-bond acceptors (Lipinski definition) is 3. The van der Waals surface area contributed by atoms with Crippen molar-refractivity contribution in [2.75, 3.05) is 19.6 Å². The molecule has 0 saturated carbocycles. The van der Waals surface area contributed by atoms with E-state index in [-0.39, 0.29) is 5.54 Å². The summed E-state index contributed by atoms with van der Waals surface area (Å²) < 4.78 is 2.02. The molecule has 0 bridgehead atoms. The van der Waals surface area contributed by atoms with E-state index < -0.39 is 0 Å². The van der Waals surface area contributed by atoms with Crippen LogP contribution in [-0.4, -0.2) is 34.3 Å². The topological polar surface area (TPSA) is 44.9 Å². The van der Waals surface area contributed by atoms with Crippen molar-refractivity contribution in [3.63, 3.8) is 0 Å². The number of rotatable bonds is 5. The van der Waals surface area contributed by atoms with Gasteiger partial charge in [0.15, 0.2) is 0 Å². The lowest BCUT2D eigenvalue weighted by Crippen LogP contribution is -2.63. The summed E-state index contributed by atoms with van der Waals surface area (Å²) in [4.78, 5) is 2.41. The zero-order valence-electron chi connectivity index (χ0n) is 11.6. The van der Waals surface area contributed by atoms with Gasteiger partial charge in [-0.1, -0.05) is 20.8 Å². The molecule has 0 spiro atoms. The molecule has 0 aromatic carbocycles. The highest BCUT2D eigenvalue weighted by molar-refractivity contribution is 5.11.